The van der Waals surface area contributed by atoms with E-state index in [9.17, 15) is 14.3 Å². The smallest absolute Gasteiger partial charge is 0.261 e. The van der Waals surface area contributed by atoms with Crippen LogP contribution in [0.3, 0.4) is 0 Å². The van der Waals surface area contributed by atoms with E-state index in [4.69, 9.17) is 0 Å². The van der Waals surface area contributed by atoms with Crippen molar-refractivity contribution < 1.29 is 14.3 Å². The highest BCUT2D eigenvalue weighted by Crippen LogP contribution is 2.33. The molecule has 30 heavy (non-hydrogen) atoms. The van der Waals surface area contributed by atoms with E-state index in [1.54, 1.807) is 36.0 Å². The molecule has 0 bridgehead atoms. The lowest BCUT2D eigenvalue weighted by molar-refractivity contribution is 0.0928. The Morgan fingerprint density at radius 3 is 3.00 bits per heavy atom. The van der Waals surface area contributed by atoms with Crippen LogP contribution in [0.2, 0.25) is 0 Å². The Hall–Kier alpha value is -2.55. The van der Waals surface area contributed by atoms with Crippen molar-refractivity contribution in [1.82, 2.24) is 20.4 Å². The van der Waals surface area contributed by atoms with Gasteiger partial charge >= 0.3 is 0 Å². The van der Waals surface area contributed by atoms with Gasteiger partial charge in [0.25, 0.3) is 5.91 Å². The maximum atomic E-state index is 13.7. The molecule has 0 saturated carbocycles. The van der Waals surface area contributed by atoms with Crippen LogP contribution in [0.1, 0.15) is 46.2 Å². The maximum Gasteiger partial charge on any atom is 0.261 e. The van der Waals surface area contributed by atoms with Crippen LogP contribution in [0, 0.1) is 5.82 Å². The second-order valence-corrected chi connectivity index (χ2v) is 8.73. The Labute approximate surface area is 178 Å². The van der Waals surface area contributed by atoms with Gasteiger partial charge in [0.15, 0.2) is 0 Å². The molecule has 2 aromatic heterocycles. The third kappa shape index (κ3) is 4.16. The molecule has 0 spiro atoms. The maximum absolute atomic E-state index is 13.7. The molecule has 3 aromatic rings. The molecule has 0 radical (unpaired) electrons. The summed E-state index contributed by atoms with van der Waals surface area (Å²) in [6.45, 7) is 3.17. The highest BCUT2D eigenvalue weighted by molar-refractivity contribution is 7.17. The zero-order valence-corrected chi connectivity index (χ0v) is 17.7. The molecular weight excluding hydrogens is 403 g/mol. The van der Waals surface area contributed by atoms with Crippen LogP contribution >= 0.6 is 11.3 Å². The van der Waals surface area contributed by atoms with Crippen molar-refractivity contribution in [3.63, 3.8) is 0 Å². The summed E-state index contributed by atoms with van der Waals surface area (Å²) in [5.74, 6) is -0.351. The predicted octanol–water partition coefficient (Wildman–Crippen LogP) is 3.22. The van der Waals surface area contributed by atoms with Crippen molar-refractivity contribution in [2.24, 2.45) is 7.05 Å². The molecule has 4 rings (SSSR count). The van der Waals surface area contributed by atoms with Crippen LogP contribution in [0.25, 0.3) is 10.6 Å². The van der Waals surface area contributed by atoms with Gasteiger partial charge in [0.2, 0.25) is 0 Å². The van der Waals surface area contributed by atoms with Crippen molar-refractivity contribution in [2.75, 3.05) is 13.1 Å². The average molecular weight is 429 g/mol. The molecule has 3 atom stereocenters. The number of thiophene rings is 1. The second kappa shape index (κ2) is 8.67. The fraction of sp³-hybridized carbons (Fsp3) is 0.364. The molecule has 8 heteroatoms. The molecule has 1 amide bonds. The first-order chi connectivity index (χ1) is 14.4. The lowest BCUT2D eigenvalue weighted by Crippen LogP contribution is -2.49. The highest BCUT2D eigenvalue weighted by atomic mass is 32.1. The minimum absolute atomic E-state index is 0.0595. The fourth-order valence-electron chi connectivity index (χ4n) is 4.04. The summed E-state index contributed by atoms with van der Waals surface area (Å²) in [6, 6.07) is 10.2. The number of halogens is 1. The number of carbonyl (C=O) groups is 1. The number of hydrogen-bond acceptors (Lipinski definition) is 5. The minimum Gasteiger partial charge on any atom is -0.389 e. The first kappa shape index (κ1) is 20.7. The summed E-state index contributed by atoms with van der Waals surface area (Å²) >= 11 is 1.37. The summed E-state index contributed by atoms with van der Waals surface area (Å²) in [5, 5.41) is 20.7. The highest BCUT2D eigenvalue weighted by Gasteiger charge is 2.29. The molecule has 1 aliphatic rings. The predicted molar refractivity (Wildman–Crippen MR) is 115 cm³/mol. The monoisotopic (exact) mass is 428 g/mol. The van der Waals surface area contributed by atoms with Crippen molar-refractivity contribution in [3.05, 3.63) is 64.4 Å². The molecule has 0 aliphatic carbocycles. The molecule has 1 aliphatic heterocycles. The van der Waals surface area contributed by atoms with Gasteiger partial charge in [-0.05, 0) is 49.7 Å². The number of carbonyl (C=O) groups excluding carboxylic acids is 1. The van der Waals surface area contributed by atoms with Gasteiger partial charge in [-0.25, -0.2) is 4.39 Å². The quantitative estimate of drug-likeness (QED) is 0.583. The zero-order chi connectivity index (χ0) is 21.3. The van der Waals surface area contributed by atoms with Gasteiger partial charge in [-0.2, -0.15) is 5.10 Å². The Morgan fingerprint density at radius 2 is 2.23 bits per heavy atom. The van der Waals surface area contributed by atoms with Crippen LogP contribution in [0.15, 0.2) is 42.6 Å². The summed E-state index contributed by atoms with van der Waals surface area (Å²) in [7, 11) is 1.82. The third-order valence-electron chi connectivity index (χ3n) is 5.56. The number of amides is 1. The molecule has 1 aromatic carbocycles. The molecule has 1 saturated heterocycles. The number of piperidine rings is 1. The standard InChI is InChI=1S/C22H25FN4O2S/c1-13(28)17-11-25-27(2)21(17)19-6-7-20(30-19)22(29)26-18-12-24-9-8-16(18)14-4-3-5-15(23)10-14/h3-7,10-11,13,16,18,24,28H,8-9,12H2,1-2H3,(H,26,29)/t13?,16-,18+/m0/s1. The molecule has 158 valence electrons. The first-order valence-corrected chi connectivity index (χ1v) is 10.8. The van der Waals surface area contributed by atoms with Crippen LogP contribution in [0.4, 0.5) is 4.39 Å². The number of benzene rings is 1. The van der Waals surface area contributed by atoms with Gasteiger partial charge in [0.1, 0.15) is 5.82 Å². The number of nitrogens with one attached hydrogen (secondary N) is 2. The Balaban J connectivity index is 1.53. The Morgan fingerprint density at radius 1 is 1.40 bits per heavy atom. The number of aliphatic hydroxyl groups excluding tert-OH is 1. The van der Waals surface area contributed by atoms with E-state index in [0.29, 0.717) is 11.4 Å². The van der Waals surface area contributed by atoms with Gasteiger partial charge in [-0.15, -0.1) is 11.3 Å². The van der Waals surface area contributed by atoms with Gasteiger partial charge in [0, 0.05) is 31.1 Å². The van der Waals surface area contributed by atoms with E-state index >= 15 is 0 Å². The van der Waals surface area contributed by atoms with E-state index in [-0.39, 0.29) is 23.7 Å². The summed E-state index contributed by atoms with van der Waals surface area (Å²) in [6.07, 6.45) is 1.83. The molecule has 3 heterocycles. The van der Waals surface area contributed by atoms with Gasteiger partial charge in [-0.3, -0.25) is 9.48 Å². The van der Waals surface area contributed by atoms with Crippen LogP contribution in [0.5, 0.6) is 0 Å². The molecule has 1 unspecified atom stereocenters. The lowest BCUT2D eigenvalue weighted by atomic mass is 9.86. The van der Waals surface area contributed by atoms with E-state index in [2.05, 4.69) is 15.7 Å². The Kier molecular flexibility index (Phi) is 5.99. The number of aromatic nitrogens is 2. The van der Waals surface area contributed by atoms with Crippen molar-refractivity contribution in [1.29, 1.82) is 0 Å². The van der Waals surface area contributed by atoms with Crippen LogP contribution in [-0.4, -0.2) is 39.9 Å². The SMILES string of the molecule is CC(O)c1cnn(C)c1-c1ccc(C(=O)N[C@@H]2CNCC[C@H]2c2cccc(F)c2)s1. The van der Waals surface area contributed by atoms with Gasteiger partial charge in [0.05, 0.1) is 27.7 Å². The normalized spacial score (nSPS) is 20.1. The zero-order valence-electron chi connectivity index (χ0n) is 16.9. The lowest BCUT2D eigenvalue weighted by Gasteiger charge is -2.33. The van der Waals surface area contributed by atoms with E-state index < -0.39 is 6.10 Å². The number of aliphatic hydroxyl groups is 1. The van der Waals surface area contributed by atoms with Crippen molar-refractivity contribution in [2.45, 2.75) is 31.4 Å². The minimum atomic E-state index is -0.645. The van der Waals surface area contributed by atoms with Crippen LogP contribution < -0.4 is 10.6 Å². The van der Waals surface area contributed by atoms with E-state index in [1.165, 1.54) is 17.4 Å². The van der Waals surface area contributed by atoms with Gasteiger partial charge in [-0.1, -0.05) is 12.1 Å². The van der Waals surface area contributed by atoms with E-state index in [1.807, 2.05) is 19.2 Å². The number of nitrogens with zero attached hydrogens (tertiary/aromatic N) is 2. The molecule has 6 nitrogen and oxygen atoms in total. The van der Waals surface area contributed by atoms with E-state index in [0.717, 1.165) is 34.7 Å². The van der Waals surface area contributed by atoms with Crippen molar-refractivity contribution in [3.8, 4) is 10.6 Å². The van der Waals surface area contributed by atoms with Crippen molar-refractivity contribution >= 4 is 17.2 Å². The number of aryl methyl sites for hydroxylation is 1. The summed E-state index contributed by atoms with van der Waals surface area (Å²) in [4.78, 5) is 14.4. The topological polar surface area (TPSA) is 79.2 Å². The molecule has 1 fully saturated rings. The Bertz CT molecular complexity index is 1050. The second-order valence-electron chi connectivity index (χ2n) is 7.65. The summed E-state index contributed by atoms with van der Waals surface area (Å²) < 4.78 is 15.4. The number of rotatable bonds is 5. The molecular formula is C22H25FN4O2S. The number of hydrogen-bond donors (Lipinski definition) is 3. The summed E-state index contributed by atoms with van der Waals surface area (Å²) in [5.41, 5.74) is 2.45. The fourth-order valence-corrected chi connectivity index (χ4v) is 5.04. The van der Waals surface area contributed by atoms with Gasteiger partial charge < -0.3 is 15.7 Å². The van der Waals surface area contributed by atoms with Crippen LogP contribution in [-0.2, 0) is 7.05 Å². The average Bonchev–Trinajstić information content (AvgIpc) is 3.35. The third-order valence-corrected chi connectivity index (χ3v) is 6.65. The first-order valence-electron chi connectivity index (χ1n) is 10.0. The largest absolute Gasteiger partial charge is 0.389 e. The molecule has 3 N–H and O–H groups in total.